The number of para-hydroxylation sites is 1. The van der Waals surface area contributed by atoms with Crippen LogP contribution in [0.1, 0.15) is 36.2 Å². The number of anilines is 2. The van der Waals surface area contributed by atoms with Gasteiger partial charge in [-0.1, -0.05) is 31.0 Å². The number of carbonyl (C=O) groups is 2. The fraction of sp³-hybridized carbons (Fsp3) is 0.222. The van der Waals surface area contributed by atoms with E-state index in [1.165, 1.54) is 12.8 Å². The Bertz CT molecular complexity index is 1270. The molecule has 1 saturated heterocycles. The first-order valence-electron chi connectivity index (χ1n) is 11.8. The summed E-state index contributed by atoms with van der Waals surface area (Å²) >= 11 is 0. The lowest BCUT2D eigenvalue weighted by atomic mass is 10.2. The molecule has 2 N–H and O–H groups in total. The van der Waals surface area contributed by atoms with Crippen LogP contribution in [-0.2, 0) is 0 Å². The molecule has 8 heteroatoms. The summed E-state index contributed by atoms with van der Waals surface area (Å²) in [4.78, 5) is 27.6. The highest BCUT2D eigenvalue weighted by Crippen LogP contribution is 2.23. The van der Waals surface area contributed by atoms with Gasteiger partial charge >= 0.3 is 6.03 Å². The molecule has 0 saturated carbocycles. The summed E-state index contributed by atoms with van der Waals surface area (Å²) in [6.07, 6.45) is 6.00. The lowest BCUT2D eigenvalue weighted by Crippen LogP contribution is -2.35. The smallest absolute Gasteiger partial charge is 0.321 e. The van der Waals surface area contributed by atoms with Crippen molar-refractivity contribution in [2.45, 2.75) is 25.7 Å². The van der Waals surface area contributed by atoms with Crippen molar-refractivity contribution in [3.8, 4) is 17.1 Å². The summed E-state index contributed by atoms with van der Waals surface area (Å²) in [7, 11) is 0. The Morgan fingerprint density at radius 1 is 0.800 bits per heavy atom. The Kier molecular flexibility index (Phi) is 6.61. The molecule has 3 heterocycles. The number of benzene rings is 2. The van der Waals surface area contributed by atoms with Crippen LogP contribution in [0.15, 0.2) is 83.5 Å². The van der Waals surface area contributed by atoms with Crippen LogP contribution in [0.2, 0.25) is 0 Å². The van der Waals surface area contributed by atoms with E-state index in [4.69, 9.17) is 4.42 Å². The first kappa shape index (κ1) is 22.5. The predicted molar refractivity (Wildman–Crippen MR) is 135 cm³/mol. The average Bonchev–Trinajstić information content (AvgIpc) is 3.50. The summed E-state index contributed by atoms with van der Waals surface area (Å²) in [5.41, 5.74) is 3.01. The minimum absolute atomic E-state index is 0.0825. The number of nitrogens with zero attached hydrogens (tertiary/aromatic N) is 3. The van der Waals surface area contributed by atoms with E-state index in [1.807, 2.05) is 35.2 Å². The van der Waals surface area contributed by atoms with Gasteiger partial charge in [0.25, 0.3) is 5.91 Å². The van der Waals surface area contributed by atoms with Crippen molar-refractivity contribution in [2.75, 3.05) is 23.7 Å². The average molecular weight is 470 g/mol. The molecule has 1 aliphatic rings. The van der Waals surface area contributed by atoms with E-state index in [1.54, 1.807) is 53.4 Å². The van der Waals surface area contributed by atoms with Crippen molar-refractivity contribution in [2.24, 2.45) is 0 Å². The molecule has 1 fully saturated rings. The summed E-state index contributed by atoms with van der Waals surface area (Å²) in [5.74, 6) is 0.277. The third-order valence-corrected chi connectivity index (χ3v) is 6.00. The molecule has 1 aliphatic heterocycles. The number of aromatic nitrogens is 2. The van der Waals surface area contributed by atoms with Crippen LogP contribution in [0.5, 0.6) is 0 Å². The fourth-order valence-corrected chi connectivity index (χ4v) is 4.16. The van der Waals surface area contributed by atoms with Gasteiger partial charge in [-0.3, -0.25) is 4.79 Å². The molecule has 0 bridgehead atoms. The quantitative estimate of drug-likeness (QED) is 0.387. The van der Waals surface area contributed by atoms with Crippen LogP contribution in [0.4, 0.5) is 16.2 Å². The molecule has 5 rings (SSSR count). The van der Waals surface area contributed by atoms with Gasteiger partial charge in [-0.2, -0.15) is 5.10 Å². The molecule has 0 radical (unpaired) electrons. The van der Waals surface area contributed by atoms with Crippen molar-refractivity contribution in [3.63, 3.8) is 0 Å². The first-order valence-corrected chi connectivity index (χ1v) is 11.8. The van der Waals surface area contributed by atoms with E-state index in [-0.39, 0.29) is 11.9 Å². The van der Waals surface area contributed by atoms with Gasteiger partial charge in [0.2, 0.25) is 0 Å². The summed E-state index contributed by atoms with van der Waals surface area (Å²) in [5, 5.41) is 10.5. The van der Waals surface area contributed by atoms with Crippen molar-refractivity contribution in [3.05, 3.63) is 84.8 Å². The number of likely N-dealkylation sites (tertiary alicyclic amines) is 1. The molecule has 3 amide bonds. The Hall–Kier alpha value is -4.33. The van der Waals surface area contributed by atoms with Gasteiger partial charge in [-0.15, -0.1) is 0 Å². The van der Waals surface area contributed by atoms with Gasteiger partial charge in [0, 0.05) is 30.5 Å². The maximum atomic E-state index is 13.2. The largest absolute Gasteiger partial charge is 0.463 e. The molecular weight excluding hydrogens is 442 g/mol. The summed E-state index contributed by atoms with van der Waals surface area (Å²) in [6, 6.07) is 21.8. The second kappa shape index (κ2) is 10.3. The highest BCUT2D eigenvalue weighted by Gasteiger charge is 2.19. The van der Waals surface area contributed by atoms with Crippen molar-refractivity contribution < 1.29 is 14.0 Å². The minimum Gasteiger partial charge on any atom is -0.463 e. The lowest BCUT2D eigenvalue weighted by molar-refractivity contribution is 0.101. The molecule has 35 heavy (non-hydrogen) atoms. The zero-order valence-electron chi connectivity index (χ0n) is 19.3. The highest BCUT2D eigenvalue weighted by molar-refractivity contribution is 6.04. The van der Waals surface area contributed by atoms with Crippen LogP contribution in [-0.4, -0.2) is 39.7 Å². The van der Waals surface area contributed by atoms with Gasteiger partial charge in [0.05, 0.1) is 12.0 Å². The van der Waals surface area contributed by atoms with E-state index in [2.05, 4.69) is 15.7 Å². The van der Waals surface area contributed by atoms with E-state index >= 15 is 0 Å². The second-order valence-corrected chi connectivity index (χ2v) is 8.50. The molecule has 0 spiro atoms. The number of rotatable bonds is 5. The van der Waals surface area contributed by atoms with E-state index < -0.39 is 0 Å². The number of hydrogen-bond donors (Lipinski definition) is 2. The van der Waals surface area contributed by atoms with E-state index in [0.717, 1.165) is 31.6 Å². The summed E-state index contributed by atoms with van der Waals surface area (Å²) in [6.45, 7) is 1.57. The molecule has 8 nitrogen and oxygen atoms in total. The second-order valence-electron chi connectivity index (χ2n) is 8.50. The monoisotopic (exact) mass is 469 g/mol. The zero-order chi connectivity index (χ0) is 24.0. The summed E-state index contributed by atoms with van der Waals surface area (Å²) < 4.78 is 7.07. The Balaban J connectivity index is 1.31. The van der Waals surface area contributed by atoms with Crippen molar-refractivity contribution in [1.82, 2.24) is 14.7 Å². The van der Waals surface area contributed by atoms with Crippen LogP contribution < -0.4 is 10.6 Å². The lowest BCUT2D eigenvalue weighted by Gasteiger charge is -2.20. The van der Waals surface area contributed by atoms with Crippen molar-refractivity contribution in [1.29, 1.82) is 0 Å². The molecular formula is C27H27N5O3. The number of hydrogen-bond acceptors (Lipinski definition) is 4. The third kappa shape index (κ3) is 5.27. The van der Waals surface area contributed by atoms with Crippen LogP contribution in [0, 0.1) is 0 Å². The molecule has 2 aromatic heterocycles. The maximum absolute atomic E-state index is 13.2. The SMILES string of the molecule is O=C(Nc1ccc(NC(=O)N2CCCCCC2)cc1)c1cc(-c2ccco2)nn1-c1ccccc1. The topological polar surface area (TPSA) is 92.4 Å². The molecule has 2 aromatic carbocycles. The third-order valence-electron chi connectivity index (χ3n) is 6.00. The number of carbonyl (C=O) groups excluding carboxylic acids is 2. The van der Waals surface area contributed by atoms with Gasteiger partial charge in [0.15, 0.2) is 5.76 Å². The van der Waals surface area contributed by atoms with E-state index in [9.17, 15) is 9.59 Å². The molecule has 0 atom stereocenters. The molecule has 0 unspecified atom stereocenters. The Morgan fingerprint density at radius 3 is 2.14 bits per heavy atom. The fourth-order valence-electron chi connectivity index (χ4n) is 4.16. The first-order chi connectivity index (χ1) is 17.2. The Labute approximate surface area is 203 Å². The zero-order valence-corrected chi connectivity index (χ0v) is 19.3. The number of nitrogens with one attached hydrogen (secondary N) is 2. The number of urea groups is 1. The Morgan fingerprint density at radius 2 is 1.49 bits per heavy atom. The minimum atomic E-state index is -0.305. The highest BCUT2D eigenvalue weighted by atomic mass is 16.3. The normalized spacial score (nSPS) is 13.8. The van der Waals surface area contributed by atoms with Gasteiger partial charge in [-0.05, 0) is 61.4 Å². The predicted octanol–water partition coefficient (Wildman–Crippen LogP) is 5.79. The maximum Gasteiger partial charge on any atom is 0.321 e. The van der Waals surface area contributed by atoms with Crippen molar-refractivity contribution >= 4 is 23.3 Å². The van der Waals surface area contributed by atoms with Gasteiger partial charge in [0.1, 0.15) is 11.4 Å². The van der Waals surface area contributed by atoms with Crippen LogP contribution >= 0.6 is 0 Å². The molecule has 0 aliphatic carbocycles. The van der Waals surface area contributed by atoms with Crippen LogP contribution in [0.25, 0.3) is 17.1 Å². The standard InChI is InChI=1S/C27H27N5O3/c33-26(24-19-23(25-11-8-18-35-25)30-32(24)22-9-4-3-5-10-22)28-20-12-14-21(15-13-20)29-27(34)31-16-6-1-2-7-17-31/h3-5,8-15,18-19H,1-2,6-7,16-17H2,(H,28,33)(H,29,34). The number of amides is 3. The van der Waals surface area contributed by atoms with Gasteiger partial charge < -0.3 is 20.0 Å². The van der Waals surface area contributed by atoms with Crippen LogP contribution in [0.3, 0.4) is 0 Å². The molecule has 178 valence electrons. The molecule has 4 aromatic rings. The van der Waals surface area contributed by atoms with E-state index in [0.29, 0.717) is 28.5 Å². The van der Waals surface area contributed by atoms with Gasteiger partial charge in [-0.25, -0.2) is 9.48 Å². The number of furan rings is 1.